The minimum atomic E-state index is -3.63. The molecule has 2 N–H and O–H groups in total. The summed E-state index contributed by atoms with van der Waals surface area (Å²) in [5.41, 5.74) is 0.502. The maximum absolute atomic E-state index is 13.7. The highest BCUT2D eigenvalue weighted by Crippen LogP contribution is 2.20. The molecule has 0 saturated carbocycles. The molecule has 0 bridgehead atoms. The second kappa shape index (κ2) is 9.80. The van der Waals surface area contributed by atoms with Gasteiger partial charge in [-0.2, -0.15) is 0 Å². The van der Waals surface area contributed by atoms with E-state index in [4.69, 9.17) is 16.3 Å². The maximum atomic E-state index is 13.7. The Kier molecular flexibility index (Phi) is 7.73. The van der Waals surface area contributed by atoms with Gasteiger partial charge in [0.25, 0.3) is 0 Å². The minimum Gasteiger partial charge on any atom is -0.385 e. The molecule has 9 heteroatoms. The van der Waals surface area contributed by atoms with Crippen molar-refractivity contribution < 1.29 is 22.3 Å². The van der Waals surface area contributed by atoms with E-state index in [1.165, 1.54) is 42.5 Å². The first kappa shape index (κ1) is 21.3. The second-order valence-corrected chi connectivity index (χ2v) is 7.87. The van der Waals surface area contributed by atoms with Gasteiger partial charge in [-0.15, -0.1) is 0 Å². The maximum Gasteiger partial charge on any atom is 0.240 e. The Morgan fingerprint density at radius 2 is 1.89 bits per heavy atom. The lowest BCUT2D eigenvalue weighted by Crippen LogP contribution is -2.25. The molecule has 0 unspecified atom stereocenters. The van der Waals surface area contributed by atoms with Crippen LogP contribution in [0.25, 0.3) is 0 Å². The van der Waals surface area contributed by atoms with Crippen LogP contribution in [0, 0.1) is 5.82 Å². The SMILES string of the molecule is COCCCNS(=O)(=O)c1ccc(NC(=O)Cc2c(F)cccc2Cl)cc1. The van der Waals surface area contributed by atoms with Crippen LogP contribution >= 0.6 is 11.6 Å². The molecule has 27 heavy (non-hydrogen) atoms. The highest BCUT2D eigenvalue weighted by Gasteiger charge is 2.15. The van der Waals surface area contributed by atoms with Crippen LogP contribution in [0.1, 0.15) is 12.0 Å². The van der Waals surface area contributed by atoms with Crippen molar-refractivity contribution in [2.24, 2.45) is 0 Å². The fraction of sp³-hybridized carbons (Fsp3) is 0.278. The highest BCUT2D eigenvalue weighted by atomic mass is 35.5. The van der Waals surface area contributed by atoms with E-state index in [9.17, 15) is 17.6 Å². The molecule has 0 heterocycles. The number of benzene rings is 2. The van der Waals surface area contributed by atoms with E-state index >= 15 is 0 Å². The lowest BCUT2D eigenvalue weighted by molar-refractivity contribution is -0.115. The zero-order chi connectivity index (χ0) is 19.9. The molecule has 146 valence electrons. The fourth-order valence-corrected chi connectivity index (χ4v) is 3.59. The Labute approximate surface area is 162 Å². The summed E-state index contributed by atoms with van der Waals surface area (Å²) in [6.45, 7) is 0.720. The zero-order valence-electron chi connectivity index (χ0n) is 14.7. The standard InChI is InChI=1S/C18H20ClFN2O4S/c1-26-11-3-10-21-27(24,25)14-8-6-13(7-9-14)22-18(23)12-15-16(19)4-2-5-17(15)20/h2,4-9,21H,3,10-12H2,1H3,(H,22,23). The van der Waals surface area contributed by atoms with Gasteiger partial charge >= 0.3 is 0 Å². The molecule has 0 spiro atoms. The van der Waals surface area contributed by atoms with Gasteiger partial charge in [0, 0.05) is 36.5 Å². The molecular formula is C18H20ClFN2O4S. The average Bonchev–Trinajstić information content (AvgIpc) is 2.62. The first-order valence-electron chi connectivity index (χ1n) is 8.15. The van der Waals surface area contributed by atoms with E-state index in [0.29, 0.717) is 18.7 Å². The summed E-state index contributed by atoms with van der Waals surface area (Å²) in [7, 11) is -2.09. The van der Waals surface area contributed by atoms with Gasteiger partial charge in [-0.25, -0.2) is 17.5 Å². The molecule has 0 aliphatic carbocycles. The van der Waals surface area contributed by atoms with Gasteiger partial charge < -0.3 is 10.1 Å². The number of carbonyl (C=O) groups excluding carboxylic acids is 1. The Bertz CT molecular complexity index is 868. The normalized spacial score (nSPS) is 11.4. The molecular weight excluding hydrogens is 395 g/mol. The molecule has 0 radical (unpaired) electrons. The predicted molar refractivity (Wildman–Crippen MR) is 102 cm³/mol. The molecule has 0 fully saturated rings. The number of hydrogen-bond donors (Lipinski definition) is 2. The monoisotopic (exact) mass is 414 g/mol. The van der Waals surface area contributed by atoms with Crippen LogP contribution in [0.3, 0.4) is 0 Å². The van der Waals surface area contributed by atoms with E-state index in [-0.39, 0.29) is 28.4 Å². The lowest BCUT2D eigenvalue weighted by Gasteiger charge is -2.09. The number of halogens is 2. The van der Waals surface area contributed by atoms with E-state index in [1.807, 2.05) is 0 Å². The van der Waals surface area contributed by atoms with Crippen LogP contribution < -0.4 is 10.0 Å². The highest BCUT2D eigenvalue weighted by molar-refractivity contribution is 7.89. The largest absolute Gasteiger partial charge is 0.385 e. The summed E-state index contributed by atoms with van der Waals surface area (Å²) in [5.74, 6) is -1.02. The number of rotatable bonds is 9. The van der Waals surface area contributed by atoms with Crippen LogP contribution in [0.2, 0.25) is 5.02 Å². The number of carbonyl (C=O) groups is 1. The summed E-state index contributed by atoms with van der Waals surface area (Å²) < 4.78 is 45.4. The van der Waals surface area contributed by atoms with Crippen molar-refractivity contribution in [1.82, 2.24) is 4.72 Å². The van der Waals surface area contributed by atoms with Crippen molar-refractivity contribution in [3.63, 3.8) is 0 Å². The third-order valence-electron chi connectivity index (χ3n) is 3.66. The molecule has 0 aliphatic rings. The predicted octanol–water partition coefficient (Wildman–Crippen LogP) is 2.98. The Balaban J connectivity index is 1.98. The summed E-state index contributed by atoms with van der Waals surface area (Å²) in [4.78, 5) is 12.2. The van der Waals surface area contributed by atoms with E-state index in [0.717, 1.165) is 0 Å². The first-order chi connectivity index (χ1) is 12.8. The number of anilines is 1. The average molecular weight is 415 g/mol. The van der Waals surface area contributed by atoms with Crippen LogP contribution in [-0.2, 0) is 26.0 Å². The third kappa shape index (κ3) is 6.28. The quantitative estimate of drug-likeness (QED) is 0.618. The summed E-state index contributed by atoms with van der Waals surface area (Å²) >= 11 is 5.91. The van der Waals surface area contributed by atoms with Crippen LogP contribution in [0.4, 0.5) is 10.1 Å². The lowest BCUT2D eigenvalue weighted by atomic mass is 10.1. The number of hydrogen-bond acceptors (Lipinski definition) is 4. The minimum absolute atomic E-state index is 0.0788. The van der Waals surface area contributed by atoms with Gasteiger partial charge in [-0.3, -0.25) is 4.79 Å². The van der Waals surface area contributed by atoms with Crippen molar-refractivity contribution in [2.45, 2.75) is 17.7 Å². The van der Waals surface area contributed by atoms with Gasteiger partial charge in [0.15, 0.2) is 0 Å². The third-order valence-corrected chi connectivity index (χ3v) is 5.50. The van der Waals surface area contributed by atoms with E-state index < -0.39 is 21.7 Å². The van der Waals surface area contributed by atoms with Crippen molar-refractivity contribution >= 4 is 33.2 Å². The second-order valence-electron chi connectivity index (χ2n) is 5.69. The topological polar surface area (TPSA) is 84.5 Å². The van der Waals surface area contributed by atoms with Crippen molar-refractivity contribution in [3.8, 4) is 0 Å². The van der Waals surface area contributed by atoms with Crippen molar-refractivity contribution in [2.75, 3.05) is 25.6 Å². The molecule has 2 aromatic rings. The molecule has 2 rings (SSSR count). The van der Waals surface area contributed by atoms with Gasteiger partial charge in [0.05, 0.1) is 11.3 Å². The molecule has 1 amide bonds. The van der Waals surface area contributed by atoms with Gasteiger partial charge in [0.1, 0.15) is 5.82 Å². The first-order valence-corrected chi connectivity index (χ1v) is 10.0. The number of nitrogens with one attached hydrogen (secondary N) is 2. The van der Waals surface area contributed by atoms with Crippen molar-refractivity contribution in [1.29, 1.82) is 0 Å². The molecule has 0 aliphatic heterocycles. The van der Waals surface area contributed by atoms with Crippen LogP contribution in [0.15, 0.2) is 47.4 Å². The van der Waals surface area contributed by atoms with E-state index in [2.05, 4.69) is 10.0 Å². The zero-order valence-corrected chi connectivity index (χ0v) is 16.2. The number of methoxy groups -OCH3 is 1. The summed E-state index contributed by atoms with van der Waals surface area (Å²) in [6, 6.07) is 9.88. The number of ether oxygens (including phenoxy) is 1. The molecule has 2 aromatic carbocycles. The van der Waals surface area contributed by atoms with Crippen LogP contribution in [-0.4, -0.2) is 34.6 Å². The molecule has 0 aromatic heterocycles. The van der Waals surface area contributed by atoms with Gasteiger partial charge in [-0.1, -0.05) is 17.7 Å². The molecule has 0 atom stereocenters. The summed E-state index contributed by atoms with van der Waals surface area (Å²) in [5, 5.41) is 2.76. The smallest absolute Gasteiger partial charge is 0.240 e. The van der Waals surface area contributed by atoms with Crippen molar-refractivity contribution in [3.05, 3.63) is 58.9 Å². The van der Waals surface area contributed by atoms with Gasteiger partial charge in [0.2, 0.25) is 15.9 Å². The Morgan fingerprint density at radius 1 is 1.19 bits per heavy atom. The molecule has 0 saturated heterocycles. The van der Waals surface area contributed by atoms with Gasteiger partial charge in [-0.05, 0) is 42.8 Å². The molecule has 6 nitrogen and oxygen atoms in total. The number of amides is 1. The Hall–Kier alpha value is -2.00. The Morgan fingerprint density at radius 3 is 2.52 bits per heavy atom. The van der Waals surface area contributed by atoms with Crippen LogP contribution in [0.5, 0.6) is 0 Å². The fourth-order valence-electron chi connectivity index (χ4n) is 2.29. The summed E-state index contributed by atoms with van der Waals surface area (Å²) in [6.07, 6.45) is 0.328. The van der Waals surface area contributed by atoms with E-state index in [1.54, 1.807) is 7.11 Å². The number of sulfonamides is 1.